The first-order valence-electron chi connectivity index (χ1n) is 8.83. The van der Waals surface area contributed by atoms with Crippen LogP contribution in [0.5, 0.6) is 0 Å². The Balaban J connectivity index is 1.59. The SMILES string of the molecule is OC[C@H]1O[C@@H](n2cnc3c(N[C@H]4CC[C@@H](O)CC4)ncnc32)[C@H](O)[C@@H]1O. The zero-order valence-corrected chi connectivity index (χ0v) is 14.1. The molecule has 2 aromatic rings. The maximum atomic E-state index is 10.2. The van der Waals surface area contributed by atoms with E-state index in [0.29, 0.717) is 17.0 Å². The van der Waals surface area contributed by atoms with Crippen molar-refractivity contribution >= 4 is 17.0 Å². The number of ether oxygens (including phenoxy) is 1. The van der Waals surface area contributed by atoms with Gasteiger partial charge in [-0.25, -0.2) is 15.0 Å². The molecule has 1 aliphatic carbocycles. The second kappa shape index (κ2) is 7.05. The molecule has 142 valence electrons. The molecule has 0 spiro atoms. The Bertz CT molecular complexity index is 763. The van der Waals surface area contributed by atoms with Crippen LogP contribution < -0.4 is 5.32 Å². The van der Waals surface area contributed by atoms with Crippen LogP contribution in [0, 0.1) is 0 Å². The minimum Gasteiger partial charge on any atom is -0.394 e. The molecule has 4 atom stereocenters. The van der Waals surface area contributed by atoms with Crippen LogP contribution in [0.4, 0.5) is 5.82 Å². The number of hydrogen-bond donors (Lipinski definition) is 5. The lowest BCUT2D eigenvalue weighted by Gasteiger charge is -2.26. The smallest absolute Gasteiger partial charge is 0.167 e. The summed E-state index contributed by atoms with van der Waals surface area (Å²) in [6.07, 6.45) is 1.73. The minimum absolute atomic E-state index is 0.204. The van der Waals surface area contributed by atoms with Crippen molar-refractivity contribution in [1.82, 2.24) is 19.5 Å². The molecule has 0 bridgehead atoms. The first-order chi connectivity index (χ1) is 12.6. The monoisotopic (exact) mass is 365 g/mol. The van der Waals surface area contributed by atoms with Crippen LogP contribution in [0.25, 0.3) is 11.2 Å². The fourth-order valence-electron chi connectivity index (χ4n) is 3.67. The molecule has 10 heteroatoms. The van der Waals surface area contributed by atoms with Crippen molar-refractivity contribution in [3.63, 3.8) is 0 Å². The van der Waals surface area contributed by atoms with Crippen molar-refractivity contribution < 1.29 is 25.2 Å². The van der Waals surface area contributed by atoms with E-state index in [1.165, 1.54) is 17.2 Å². The zero-order chi connectivity index (χ0) is 18.3. The summed E-state index contributed by atoms with van der Waals surface area (Å²) < 4.78 is 7.09. The molecule has 4 rings (SSSR count). The van der Waals surface area contributed by atoms with Crippen molar-refractivity contribution in [2.24, 2.45) is 0 Å². The molecule has 1 saturated carbocycles. The van der Waals surface area contributed by atoms with Crippen molar-refractivity contribution in [3.05, 3.63) is 12.7 Å². The topological polar surface area (TPSA) is 146 Å². The van der Waals surface area contributed by atoms with Gasteiger partial charge in [0.1, 0.15) is 24.6 Å². The van der Waals surface area contributed by atoms with Crippen LogP contribution in [0.1, 0.15) is 31.9 Å². The van der Waals surface area contributed by atoms with Crippen molar-refractivity contribution in [2.45, 2.75) is 62.4 Å². The molecule has 0 unspecified atom stereocenters. The van der Waals surface area contributed by atoms with Crippen LogP contribution >= 0.6 is 0 Å². The van der Waals surface area contributed by atoms with Gasteiger partial charge >= 0.3 is 0 Å². The van der Waals surface area contributed by atoms with Crippen molar-refractivity contribution in [3.8, 4) is 0 Å². The molecule has 2 aliphatic rings. The van der Waals surface area contributed by atoms with Gasteiger partial charge in [-0.15, -0.1) is 0 Å². The van der Waals surface area contributed by atoms with E-state index >= 15 is 0 Å². The van der Waals surface area contributed by atoms with Crippen LogP contribution in [-0.2, 0) is 4.74 Å². The lowest BCUT2D eigenvalue weighted by molar-refractivity contribution is -0.0511. The molecule has 5 N–H and O–H groups in total. The highest BCUT2D eigenvalue weighted by atomic mass is 16.6. The highest BCUT2D eigenvalue weighted by Crippen LogP contribution is 2.32. The van der Waals surface area contributed by atoms with E-state index in [0.717, 1.165) is 25.7 Å². The molecule has 1 saturated heterocycles. The number of fused-ring (bicyclic) bond motifs is 1. The van der Waals surface area contributed by atoms with Gasteiger partial charge in [-0.3, -0.25) is 4.57 Å². The minimum atomic E-state index is -1.20. The summed E-state index contributed by atoms with van der Waals surface area (Å²) in [5.74, 6) is 0.585. The Kier molecular flexibility index (Phi) is 4.76. The summed E-state index contributed by atoms with van der Waals surface area (Å²) in [6, 6.07) is 0.204. The molecule has 3 heterocycles. The van der Waals surface area contributed by atoms with Gasteiger partial charge in [0.05, 0.1) is 19.0 Å². The first-order valence-corrected chi connectivity index (χ1v) is 8.83. The third-order valence-corrected chi connectivity index (χ3v) is 5.19. The van der Waals surface area contributed by atoms with E-state index in [4.69, 9.17) is 4.74 Å². The number of anilines is 1. The number of imidazole rings is 1. The van der Waals surface area contributed by atoms with E-state index in [-0.39, 0.29) is 12.1 Å². The van der Waals surface area contributed by atoms with E-state index < -0.39 is 31.1 Å². The van der Waals surface area contributed by atoms with Crippen LogP contribution in [0.2, 0.25) is 0 Å². The van der Waals surface area contributed by atoms with Gasteiger partial charge in [0.25, 0.3) is 0 Å². The molecule has 0 aromatic carbocycles. The fourth-order valence-corrected chi connectivity index (χ4v) is 3.67. The third kappa shape index (κ3) is 3.03. The third-order valence-electron chi connectivity index (χ3n) is 5.19. The Morgan fingerprint density at radius 3 is 2.54 bits per heavy atom. The number of nitrogens with one attached hydrogen (secondary N) is 1. The summed E-state index contributed by atoms with van der Waals surface area (Å²) in [6.45, 7) is -0.392. The van der Waals surface area contributed by atoms with E-state index in [1.54, 1.807) is 0 Å². The predicted molar refractivity (Wildman–Crippen MR) is 90.2 cm³/mol. The van der Waals surface area contributed by atoms with Gasteiger partial charge in [0.2, 0.25) is 0 Å². The molecule has 0 amide bonds. The highest BCUT2D eigenvalue weighted by molar-refractivity contribution is 5.82. The van der Waals surface area contributed by atoms with E-state index in [1.807, 2.05) is 0 Å². The van der Waals surface area contributed by atoms with Gasteiger partial charge in [-0.1, -0.05) is 0 Å². The Morgan fingerprint density at radius 1 is 1.08 bits per heavy atom. The predicted octanol–water partition coefficient (Wildman–Crippen LogP) is -0.847. The van der Waals surface area contributed by atoms with Gasteiger partial charge in [-0.05, 0) is 25.7 Å². The second-order valence-electron chi connectivity index (χ2n) is 6.92. The Hall–Kier alpha value is -1.85. The van der Waals surface area contributed by atoms with Gasteiger partial charge in [-0.2, -0.15) is 0 Å². The molecule has 2 fully saturated rings. The summed E-state index contributed by atoms with van der Waals surface area (Å²) in [5, 5.41) is 42.4. The summed E-state index contributed by atoms with van der Waals surface area (Å²) in [4.78, 5) is 12.9. The van der Waals surface area contributed by atoms with Crippen molar-refractivity contribution in [2.75, 3.05) is 11.9 Å². The fraction of sp³-hybridized carbons (Fsp3) is 0.688. The van der Waals surface area contributed by atoms with Crippen LogP contribution in [0.3, 0.4) is 0 Å². The molecular formula is C16H23N5O5. The lowest BCUT2D eigenvalue weighted by Crippen LogP contribution is -2.33. The first kappa shape index (κ1) is 17.6. The largest absolute Gasteiger partial charge is 0.394 e. The summed E-state index contributed by atoms with van der Waals surface area (Å²) >= 11 is 0. The zero-order valence-electron chi connectivity index (χ0n) is 14.1. The summed E-state index contributed by atoms with van der Waals surface area (Å²) in [7, 11) is 0. The Labute approximate surface area is 149 Å². The maximum absolute atomic E-state index is 10.2. The molecule has 0 radical (unpaired) electrons. The number of aliphatic hydroxyl groups excluding tert-OH is 4. The molecule has 10 nitrogen and oxygen atoms in total. The second-order valence-corrected chi connectivity index (χ2v) is 6.92. The van der Waals surface area contributed by atoms with E-state index in [9.17, 15) is 20.4 Å². The molecule has 26 heavy (non-hydrogen) atoms. The number of aromatic nitrogens is 4. The van der Waals surface area contributed by atoms with E-state index in [2.05, 4.69) is 20.3 Å². The molecular weight excluding hydrogens is 342 g/mol. The van der Waals surface area contributed by atoms with Crippen LogP contribution in [0.15, 0.2) is 12.7 Å². The Morgan fingerprint density at radius 2 is 1.85 bits per heavy atom. The quantitative estimate of drug-likeness (QED) is 0.468. The summed E-state index contributed by atoms with van der Waals surface area (Å²) in [5.41, 5.74) is 1.00. The normalized spacial score (nSPS) is 35.1. The van der Waals surface area contributed by atoms with Crippen LogP contribution in [-0.4, -0.2) is 77.0 Å². The molecule has 2 aromatic heterocycles. The van der Waals surface area contributed by atoms with Gasteiger partial charge in [0.15, 0.2) is 23.2 Å². The standard InChI is InChI=1S/C16H23N5O5/c22-5-10-12(24)13(25)16(26-10)21-7-19-11-14(17-6-18-15(11)21)20-8-1-3-9(23)4-2-8/h6-10,12-13,16,22-25H,1-5H2,(H,17,18,20)/t8-,9+,10-,12-,13-,16-/m1/s1. The van der Waals surface area contributed by atoms with Gasteiger partial charge in [0, 0.05) is 6.04 Å². The average Bonchev–Trinajstić information content (AvgIpc) is 3.19. The number of hydrogen-bond acceptors (Lipinski definition) is 9. The number of nitrogens with zero attached hydrogens (tertiary/aromatic N) is 4. The van der Waals surface area contributed by atoms with Crippen molar-refractivity contribution in [1.29, 1.82) is 0 Å². The highest BCUT2D eigenvalue weighted by Gasteiger charge is 2.44. The number of aliphatic hydroxyl groups is 4. The number of rotatable bonds is 4. The molecule has 1 aliphatic heterocycles. The maximum Gasteiger partial charge on any atom is 0.167 e. The average molecular weight is 365 g/mol. The lowest BCUT2D eigenvalue weighted by atomic mass is 9.93. The van der Waals surface area contributed by atoms with Gasteiger partial charge < -0.3 is 30.5 Å².